The first-order chi connectivity index (χ1) is 16.3. The van der Waals surface area contributed by atoms with Crippen molar-refractivity contribution in [2.24, 2.45) is 0 Å². The summed E-state index contributed by atoms with van der Waals surface area (Å²) in [4.78, 5) is 27.8. The van der Waals surface area contributed by atoms with Gasteiger partial charge in [0.15, 0.2) is 5.78 Å². The molecule has 0 aliphatic rings. The van der Waals surface area contributed by atoms with E-state index in [1.807, 2.05) is 26.0 Å². The fourth-order valence-corrected chi connectivity index (χ4v) is 4.78. The van der Waals surface area contributed by atoms with Gasteiger partial charge in [-0.1, -0.05) is 18.2 Å². The van der Waals surface area contributed by atoms with E-state index in [-0.39, 0.29) is 16.0 Å². The molecule has 1 aromatic heterocycles. The van der Waals surface area contributed by atoms with Gasteiger partial charge in [0.2, 0.25) is 0 Å². The normalized spacial score (nSPS) is 11.4. The van der Waals surface area contributed by atoms with Crippen LogP contribution < -0.4 is 15.2 Å². The number of hydrogen-bond donors (Lipinski definition) is 1. The summed E-state index contributed by atoms with van der Waals surface area (Å²) in [5.74, 6) is -0.499. The zero-order valence-electron chi connectivity index (χ0n) is 18.8. The minimum Gasteiger partial charge on any atom is -0.422 e. The molecule has 0 atom stereocenters. The fourth-order valence-electron chi connectivity index (χ4n) is 3.70. The highest BCUT2D eigenvalue weighted by Crippen LogP contribution is 2.23. The van der Waals surface area contributed by atoms with Gasteiger partial charge in [0, 0.05) is 41.5 Å². The summed E-state index contributed by atoms with van der Waals surface area (Å²) in [6, 6.07) is 21.0. The van der Waals surface area contributed by atoms with E-state index in [9.17, 15) is 18.0 Å². The summed E-state index contributed by atoms with van der Waals surface area (Å²) >= 11 is 0. The summed E-state index contributed by atoms with van der Waals surface area (Å²) in [5.41, 5.74) is 1.09. The lowest BCUT2D eigenvalue weighted by atomic mass is 10.0. The minimum absolute atomic E-state index is 0.0827. The van der Waals surface area contributed by atoms with Crippen molar-refractivity contribution in [3.63, 3.8) is 0 Å². The lowest BCUT2D eigenvalue weighted by Gasteiger charge is -2.21. The molecular weight excluding hydrogens is 452 g/mol. The maximum Gasteiger partial charge on any atom is 0.347 e. The SMILES string of the molecule is CCN(CC)c1ccc2cc(C(=O)c3ccc(NS(=O)(=O)c4ccccc4)cc3)c(=O)oc2c1. The number of hydrogen-bond acceptors (Lipinski definition) is 6. The lowest BCUT2D eigenvalue weighted by Crippen LogP contribution is -2.21. The second-order valence-corrected chi connectivity index (χ2v) is 9.35. The second-order valence-electron chi connectivity index (χ2n) is 7.67. The van der Waals surface area contributed by atoms with Crippen molar-refractivity contribution in [1.29, 1.82) is 0 Å². The quantitative estimate of drug-likeness (QED) is 0.293. The molecule has 4 rings (SSSR count). The third-order valence-electron chi connectivity index (χ3n) is 5.55. The van der Waals surface area contributed by atoms with Crippen LogP contribution >= 0.6 is 0 Å². The number of carbonyl (C=O) groups excluding carboxylic acids is 1. The zero-order chi connectivity index (χ0) is 24.3. The smallest absolute Gasteiger partial charge is 0.347 e. The number of carbonyl (C=O) groups is 1. The molecule has 0 aliphatic heterocycles. The molecular formula is C26H24N2O5S. The largest absolute Gasteiger partial charge is 0.422 e. The van der Waals surface area contributed by atoms with Crippen molar-refractivity contribution in [2.45, 2.75) is 18.7 Å². The van der Waals surface area contributed by atoms with Gasteiger partial charge < -0.3 is 9.32 Å². The molecule has 0 radical (unpaired) electrons. The molecule has 0 spiro atoms. The van der Waals surface area contributed by atoms with Crippen LogP contribution in [0.15, 0.2) is 93.0 Å². The van der Waals surface area contributed by atoms with Crippen molar-refractivity contribution in [2.75, 3.05) is 22.7 Å². The number of sulfonamides is 1. The van der Waals surface area contributed by atoms with E-state index in [0.29, 0.717) is 16.7 Å². The molecule has 34 heavy (non-hydrogen) atoms. The molecule has 0 saturated heterocycles. The molecule has 0 amide bonds. The minimum atomic E-state index is -3.75. The van der Waals surface area contributed by atoms with Crippen LogP contribution in [0.1, 0.15) is 29.8 Å². The van der Waals surface area contributed by atoms with Gasteiger partial charge in [0.05, 0.1) is 4.90 Å². The third kappa shape index (κ3) is 4.72. The maximum absolute atomic E-state index is 13.0. The molecule has 0 saturated carbocycles. The van der Waals surface area contributed by atoms with Crippen LogP contribution in [0, 0.1) is 0 Å². The first kappa shape index (κ1) is 23.3. The number of ketones is 1. The Bertz CT molecular complexity index is 1490. The topological polar surface area (TPSA) is 96.7 Å². The molecule has 0 unspecified atom stereocenters. The van der Waals surface area contributed by atoms with Gasteiger partial charge in [0.1, 0.15) is 11.1 Å². The first-order valence-corrected chi connectivity index (χ1v) is 12.4. The Kier molecular flexibility index (Phi) is 6.51. The van der Waals surface area contributed by atoms with Crippen LogP contribution in [0.25, 0.3) is 11.0 Å². The van der Waals surface area contributed by atoms with Gasteiger partial charge in [-0.3, -0.25) is 9.52 Å². The highest BCUT2D eigenvalue weighted by atomic mass is 32.2. The number of fused-ring (bicyclic) bond motifs is 1. The van der Waals surface area contributed by atoms with Crippen molar-refractivity contribution in [3.8, 4) is 0 Å². The van der Waals surface area contributed by atoms with Crippen LogP contribution in [-0.2, 0) is 10.0 Å². The Morgan fingerprint density at radius 1 is 0.912 bits per heavy atom. The molecule has 7 nitrogen and oxygen atoms in total. The Labute approximate surface area is 197 Å². The average molecular weight is 477 g/mol. The Hall–Kier alpha value is -3.91. The molecule has 1 heterocycles. The highest BCUT2D eigenvalue weighted by molar-refractivity contribution is 7.92. The first-order valence-electron chi connectivity index (χ1n) is 10.9. The summed E-state index contributed by atoms with van der Waals surface area (Å²) in [6.45, 7) is 5.73. The Balaban J connectivity index is 1.59. The second kappa shape index (κ2) is 9.52. The number of rotatable bonds is 8. The fraction of sp³-hybridized carbons (Fsp3) is 0.154. The lowest BCUT2D eigenvalue weighted by molar-refractivity contribution is 0.103. The van der Waals surface area contributed by atoms with E-state index in [0.717, 1.165) is 18.8 Å². The number of anilines is 2. The molecule has 4 aromatic rings. The molecule has 0 fully saturated rings. The summed E-state index contributed by atoms with van der Waals surface area (Å²) in [6.07, 6.45) is 0. The van der Waals surface area contributed by atoms with Crippen LogP contribution in [0.2, 0.25) is 0 Å². The van der Waals surface area contributed by atoms with Gasteiger partial charge in [-0.25, -0.2) is 13.2 Å². The van der Waals surface area contributed by atoms with Crippen LogP contribution in [-0.4, -0.2) is 27.3 Å². The highest BCUT2D eigenvalue weighted by Gasteiger charge is 2.18. The molecule has 3 aromatic carbocycles. The number of nitrogens with one attached hydrogen (secondary N) is 1. The Morgan fingerprint density at radius 3 is 2.24 bits per heavy atom. The monoisotopic (exact) mass is 476 g/mol. The van der Waals surface area contributed by atoms with E-state index < -0.39 is 21.4 Å². The van der Waals surface area contributed by atoms with Crippen LogP contribution in [0.4, 0.5) is 11.4 Å². The van der Waals surface area contributed by atoms with E-state index in [2.05, 4.69) is 9.62 Å². The third-order valence-corrected chi connectivity index (χ3v) is 6.94. The Morgan fingerprint density at radius 2 is 1.59 bits per heavy atom. The molecule has 8 heteroatoms. The van der Waals surface area contributed by atoms with Gasteiger partial charge in [0.25, 0.3) is 10.0 Å². The van der Waals surface area contributed by atoms with Crippen molar-refractivity contribution < 1.29 is 17.6 Å². The van der Waals surface area contributed by atoms with Gasteiger partial charge in [-0.05, 0) is 68.4 Å². The predicted octanol–water partition coefficient (Wildman–Crippen LogP) is 4.67. The molecule has 0 aliphatic carbocycles. The zero-order valence-corrected chi connectivity index (χ0v) is 19.6. The summed E-state index contributed by atoms with van der Waals surface area (Å²) in [7, 11) is -3.75. The summed E-state index contributed by atoms with van der Waals surface area (Å²) in [5, 5.41) is 0.645. The molecule has 174 valence electrons. The maximum atomic E-state index is 13.0. The van der Waals surface area contributed by atoms with E-state index >= 15 is 0 Å². The van der Waals surface area contributed by atoms with Crippen molar-refractivity contribution in [1.82, 2.24) is 0 Å². The standard InChI is InChI=1S/C26H24N2O5S/c1-3-28(4-2)21-15-12-19-16-23(26(30)33-24(19)17-21)25(29)18-10-13-20(14-11-18)27-34(31,32)22-8-6-5-7-9-22/h5-17,27H,3-4H2,1-2H3. The van der Waals surface area contributed by atoms with Gasteiger partial charge in [-0.2, -0.15) is 0 Å². The molecule has 0 bridgehead atoms. The van der Waals surface area contributed by atoms with E-state index in [1.165, 1.54) is 42.5 Å². The number of benzene rings is 3. The van der Waals surface area contributed by atoms with Crippen LogP contribution in [0.5, 0.6) is 0 Å². The number of nitrogens with zero attached hydrogens (tertiary/aromatic N) is 1. The van der Waals surface area contributed by atoms with Crippen LogP contribution in [0.3, 0.4) is 0 Å². The average Bonchev–Trinajstić information content (AvgIpc) is 2.85. The van der Waals surface area contributed by atoms with Gasteiger partial charge in [-0.15, -0.1) is 0 Å². The van der Waals surface area contributed by atoms with Gasteiger partial charge >= 0.3 is 5.63 Å². The van der Waals surface area contributed by atoms with Crippen molar-refractivity contribution in [3.05, 3.63) is 100 Å². The predicted molar refractivity (Wildman–Crippen MR) is 133 cm³/mol. The van der Waals surface area contributed by atoms with Crippen molar-refractivity contribution >= 4 is 38.2 Å². The van der Waals surface area contributed by atoms with E-state index in [4.69, 9.17) is 4.42 Å². The molecule has 1 N–H and O–H groups in total. The van der Waals surface area contributed by atoms with E-state index in [1.54, 1.807) is 24.3 Å². The summed E-state index contributed by atoms with van der Waals surface area (Å²) < 4.78 is 32.9.